The summed E-state index contributed by atoms with van der Waals surface area (Å²) in [5.74, 6) is 0.801. The van der Waals surface area contributed by atoms with Gasteiger partial charge in [0, 0.05) is 18.4 Å². The van der Waals surface area contributed by atoms with E-state index in [-0.39, 0.29) is 5.91 Å². The number of carbonyl (C=O) groups is 1. The van der Waals surface area contributed by atoms with Gasteiger partial charge in [-0.15, -0.1) is 0 Å². The van der Waals surface area contributed by atoms with Crippen molar-refractivity contribution in [2.75, 3.05) is 7.11 Å². The number of fused-ring (bicyclic) bond motifs is 1. The molecule has 5 nitrogen and oxygen atoms in total. The molecule has 3 aromatic rings. The zero-order chi connectivity index (χ0) is 16.9. The molecule has 1 amide bonds. The van der Waals surface area contributed by atoms with Gasteiger partial charge in [0.2, 0.25) is 5.91 Å². The van der Waals surface area contributed by atoms with Crippen LogP contribution in [0.15, 0.2) is 48.5 Å². The number of aryl methyl sites for hydroxylation is 2. The van der Waals surface area contributed by atoms with Gasteiger partial charge in [-0.1, -0.05) is 30.3 Å². The number of hydrogen-bond donors (Lipinski definition) is 1. The summed E-state index contributed by atoms with van der Waals surface area (Å²) in [6.45, 7) is 3.05. The first-order valence-corrected chi connectivity index (χ1v) is 7.99. The Balaban J connectivity index is 1.57. The first kappa shape index (κ1) is 16.1. The highest BCUT2D eigenvalue weighted by Crippen LogP contribution is 2.17. The third-order valence-corrected chi connectivity index (χ3v) is 4.02. The summed E-state index contributed by atoms with van der Waals surface area (Å²) >= 11 is 0. The number of hydrogen-bond acceptors (Lipinski definition) is 3. The van der Waals surface area contributed by atoms with E-state index in [4.69, 9.17) is 4.74 Å². The molecule has 3 rings (SSSR count). The average molecular weight is 323 g/mol. The van der Waals surface area contributed by atoms with Crippen molar-refractivity contribution in [1.82, 2.24) is 15.1 Å². The van der Waals surface area contributed by atoms with Gasteiger partial charge >= 0.3 is 0 Å². The Morgan fingerprint density at radius 3 is 2.88 bits per heavy atom. The molecule has 1 aromatic heterocycles. The molecule has 0 aliphatic rings. The molecular weight excluding hydrogens is 302 g/mol. The topological polar surface area (TPSA) is 56.1 Å². The summed E-state index contributed by atoms with van der Waals surface area (Å²) in [6.07, 6.45) is 0.398. The molecule has 0 spiro atoms. The molecule has 0 saturated heterocycles. The lowest BCUT2D eigenvalue weighted by molar-refractivity contribution is -0.121. The summed E-state index contributed by atoms with van der Waals surface area (Å²) in [5.41, 5.74) is 3.07. The van der Waals surface area contributed by atoms with Crippen molar-refractivity contribution in [3.63, 3.8) is 0 Å². The van der Waals surface area contributed by atoms with Gasteiger partial charge in [0.1, 0.15) is 5.75 Å². The monoisotopic (exact) mass is 323 g/mol. The molecule has 124 valence electrons. The number of amides is 1. The van der Waals surface area contributed by atoms with Crippen LogP contribution in [0.25, 0.3) is 10.9 Å². The fraction of sp³-hybridized carbons (Fsp3) is 0.263. The summed E-state index contributed by atoms with van der Waals surface area (Å²) in [5, 5.41) is 8.60. The standard InChI is InChI=1S/C19H21N3O2/c1-14-17-8-3-4-9-18(17)22(21-14)11-10-19(23)20-13-15-6-5-7-16(12-15)24-2/h3-9,12H,10-11,13H2,1-2H3,(H,20,23). The first-order valence-electron chi connectivity index (χ1n) is 7.99. The molecule has 2 aromatic carbocycles. The maximum atomic E-state index is 12.1. The van der Waals surface area contributed by atoms with Gasteiger partial charge in [0.25, 0.3) is 0 Å². The lowest BCUT2D eigenvalue weighted by Crippen LogP contribution is -2.24. The van der Waals surface area contributed by atoms with Crippen LogP contribution < -0.4 is 10.1 Å². The van der Waals surface area contributed by atoms with E-state index in [0.717, 1.165) is 27.9 Å². The van der Waals surface area contributed by atoms with Crippen molar-refractivity contribution in [2.24, 2.45) is 0 Å². The van der Waals surface area contributed by atoms with Crippen LogP contribution in [-0.2, 0) is 17.9 Å². The number of benzene rings is 2. The molecule has 0 atom stereocenters. The summed E-state index contributed by atoms with van der Waals surface area (Å²) < 4.78 is 7.08. The van der Waals surface area contributed by atoms with E-state index in [1.165, 1.54) is 0 Å². The highest BCUT2D eigenvalue weighted by molar-refractivity contribution is 5.82. The Bertz CT molecular complexity index is 855. The minimum atomic E-state index is 0.00931. The number of carbonyl (C=O) groups excluding carboxylic acids is 1. The fourth-order valence-electron chi connectivity index (χ4n) is 2.74. The maximum absolute atomic E-state index is 12.1. The second-order valence-electron chi connectivity index (χ2n) is 5.70. The number of nitrogens with one attached hydrogen (secondary N) is 1. The third kappa shape index (κ3) is 3.56. The Morgan fingerprint density at radius 1 is 1.21 bits per heavy atom. The predicted octanol–water partition coefficient (Wildman–Crippen LogP) is 3.06. The van der Waals surface area contributed by atoms with Crippen LogP contribution in [0.1, 0.15) is 17.7 Å². The summed E-state index contributed by atoms with van der Waals surface area (Å²) in [6, 6.07) is 15.8. The van der Waals surface area contributed by atoms with Crippen molar-refractivity contribution in [2.45, 2.75) is 26.4 Å². The predicted molar refractivity (Wildman–Crippen MR) is 93.9 cm³/mol. The number of methoxy groups -OCH3 is 1. The average Bonchev–Trinajstić information content (AvgIpc) is 2.95. The Kier molecular flexibility index (Phi) is 4.79. The van der Waals surface area contributed by atoms with Crippen LogP contribution in [0.3, 0.4) is 0 Å². The summed E-state index contributed by atoms with van der Waals surface area (Å²) in [4.78, 5) is 12.1. The van der Waals surface area contributed by atoms with Crippen LogP contribution in [-0.4, -0.2) is 22.8 Å². The lowest BCUT2D eigenvalue weighted by atomic mass is 10.2. The van der Waals surface area contributed by atoms with Crippen molar-refractivity contribution in [3.05, 3.63) is 59.8 Å². The van der Waals surface area contributed by atoms with Crippen molar-refractivity contribution in [3.8, 4) is 5.75 Å². The van der Waals surface area contributed by atoms with Gasteiger partial charge < -0.3 is 10.1 Å². The van der Waals surface area contributed by atoms with Gasteiger partial charge in [-0.3, -0.25) is 9.48 Å². The molecule has 0 aliphatic carbocycles. The molecule has 0 bridgehead atoms. The number of para-hydroxylation sites is 1. The Hall–Kier alpha value is -2.82. The molecule has 0 fully saturated rings. The normalized spacial score (nSPS) is 10.8. The molecule has 0 saturated carbocycles. The number of ether oxygens (including phenoxy) is 1. The quantitative estimate of drug-likeness (QED) is 0.758. The zero-order valence-corrected chi connectivity index (χ0v) is 14.0. The second-order valence-corrected chi connectivity index (χ2v) is 5.70. The fourth-order valence-corrected chi connectivity index (χ4v) is 2.74. The minimum absolute atomic E-state index is 0.00931. The maximum Gasteiger partial charge on any atom is 0.222 e. The van der Waals surface area contributed by atoms with Gasteiger partial charge in [-0.25, -0.2) is 0 Å². The minimum Gasteiger partial charge on any atom is -0.497 e. The third-order valence-electron chi connectivity index (χ3n) is 4.02. The van der Waals surface area contributed by atoms with E-state index >= 15 is 0 Å². The van der Waals surface area contributed by atoms with Gasteiger partial charge in [-0.05, 0) is 30.7 Å². The van der Waals surface area contributed by atoms with Gasteiger partial charge in [0.05, 0.1) is 24.9 Å². The number of rotatable bonds is 6. The van der Waals surface area contributed by atoms with E-state index in [1.54, 1.807) is 7.11 Å². The highest BCUT2D eigenvalue weighted by atomic mass is 16.5. The Morgan fingerprint density at radius 2 is 2.04 bits per heavy atom. The smallest absolute Gasteiger partial charge is 0.222 e. The van der Waals surface area contributed by atoms with E-state index in [0.29, 0.717) is 19.5 Å². The SMILES string of the molecule is COc1cccc(CNC(=O)CCn2nc(C)c3ccccc32)c1. The molecular formula is C19H21N3O2. The molecule has 0 radical (unpaired) electrons. The van der Waals surface area contributed by atoms with Crippen molar-refractivity contribution in [1.29, 1.82) is 0 Å². The van der Waals surface area contributed by atoms with E-state index in [9.17, 15) is 4.79 Å². The van der Waals surface area contributed by atoms with Crippen LogP contribution in [0.2, 0.25) is 0 Å². The van der Waals surface area contributed by atoms with Gasteiger partial charge in [0.15, 0.2) is 0 Å². The summed E-state index contributed by atoms with van der Waals surface area (Å²) in [7, 11) is 1.63. The molecule has 5 heteroatoms. The van der Waals surface area contributed by atoms with E-state index in [2.05, 4.69) is 16.5 Å². The van der Waals surface area contributed by atoms with Crippen LogP contribution >= 0.6 is 0 Å². The van der Waals surface area contributed by atoms with Crippen molar-refractivity contribution >= 4 is 16.8 Å². The Labute approximate surface area is 141 Å². The molecule has 1 heterocycles. The van der Waals surface area contributed by atoms with E-state index < -0.39 is 0 Å². The van der Waals surface area contributed by atoms with Crippen molar-refractivity contribution < 1.29 is 9.53 Å². The first-order chi connectivity index (χ1) is 11.7. The number of nitrogens with zero attached hydrogens (tertiary/aromatic N) is 2. The zero-order valence-electron chi connectivity index (χ0n) is 14.0. The van der Waals surface area contributed by atoms with Crippen LogP contribution in [0.4, 0.5) is 0 Å². The molecule has 0 unspecified atom stereocenters. The van der Waals surface area contributed by atoms with Crippen LogP contribution in [0, 0.1) is 6.92 Å². The van der Waals surface area contributed by atoms with Gasteiger partial charge in [-0.2, -0.15) is 5.10 Å². The molecule has 0 aliphatic heterocycles. The second kappa shape index (κ2) is 7.17. The largest absolute Gasteiger partial charge is 0.497 e. The van der Waals surface area contributed by atoms with Crippen LogP contribution in [0.5, 0.6) is 5.75 Å². The van der Waals surface area contributed by atoms with E-state index in [1.807, 2.05) is 54.1 Å². The molecule has 1 N–H and O–H groups in total. The lowest BCUT2D eigenvalue weighted by Gasteiger charge is -2.07. The highest BCUT2D eigenvalue weighted by Gasteiger charge is 2.08. The molecule has 24 heavy (non-hydrogen) atoms. The number of aromatic nitrogens is 2.